The van der Waals surface area contributed by atoms with E-state index in [4.69, 9.17) is 0 Å². The van der Waals surface area contributed by atoms with Gasteiger partial charge in [0.1, 0.15) is 6.04 Å². The number of imidazole rings is 1. The molecule has 0 aliphatic carbocycles. The highest BCUT2D eigenvalue weighted by molar-refractivity contribution is 5.79. The summed E-state index contributed by atoms with van der Waals surface area (Å²) in [5.74, 6) is -0.0874. The Morgan fingerprint density at radius 2 is 2.15 bits per heavy atom. The maximum atomic E-state index is 12.3. The molecular weight excluding hydrogens is 334 g/mol. The van der Waals surface area contributed by atoms with Crippen LogP contribution in [0.25, 0.3) is 0 Å². The Hall–Kier alpha value is -2.84. The number of urea groups is 1. The summed E-state index contributed by atoms with van der Waals surface area (Å²) in [4.78, 5) is 31.9. The molecule has 0 unspecified atom stereocenters. The largest absolute Gasteiger partial charge is 0.349 e. The number of carbonyl (C=O) groups excluding carboxylic acids is 2. The maximum Gasteiger partial charge on any atom is 0.319 e. The molecule has 1 aliphatic rings. The molecule has 26 heavy (non-hydrogen) atoms. The van der Waals surface area contributed by atoms with E-state index in [1.807, 2.05) is 22.6 Å². The van der Waals surface area contributed by atoms with E-state index >= 15 is 0 Å². The van der Waals surface area contributed by atoms with Gasteiger partial charge in [0.05, 0.1) is 30.8 Å². The average Bonchev–Trinajstić information content (AvgIpc) is 3.24. The lowest BCUT2D eigenvalue weighted by atomic mass is 10.3. The summed E-state index contributed by atoms with van der Waals surface area (Å²) in [6.07, 6.45) is 5.90. The van der Waals surface area contributed by atoms with Gasteiger partial charge in [0.25, 0.3) is 0 Å². The molecule has 3 rings (SSSR count). The Kier molecular flexibility index (Phi) is 5.24. The van der Waals surface area contributed by atoms with Crippen molar-refractivity contribution < 1.29 is 9.59 Å². The third-order valence-corrected chi connectivity index (χ3v) is 4.51. The molecule has 9 heteroatoms. The third kappa shape index (κ3) is 3.87. The summed E-state index contributed by atoms with van der Waals surface area (Å²) in [6, 6.07) is 1.64. The fraction of sp³-hybridized carbons (Fsp3) is 0.529. The van der Waals surface area contributed by atoms with Crippen LogP contribution in [0.5, 0.6) is 0 Å². The number of aryl methyl sites for hydroxylation is 1. The van der Waals surface area contributed by atoms with Gasteiger partial charge >= 0.3 is 6.03 Å². The van der Waals surface area contributed by atoms with Gasteiger partial charge in [-0.1, -0.05) is 0 Å². The van der Waals surface area contributed by atoms with Crippen LogP contribution in [0.15, 0.2) is 24.8 Å². The number of hydrogen-bond acceptors (Lipinski definition) is 4. The van der Waals surface area contributed by atoms with E-state index in [2.05, 4.69) is 15.4 Å². The van der Waals surface area contributed by atoms with E-state index in [0.29, 0.717) is 13.1 Å². The lowest BCUT2D eigenvalue weighted by Crippen LogP contribution is -2.38. The van der Waals surface area contributed by atoms with E-state index < -0.39 is 0 Å². The topological polar surface area (TPSA) is 88.3 Å². The molecule has 1 N–H and O–H groups in total. The second kappa shape index (κ2) is 7.59. The second-order valence-corrected chi connectivity index (χ2v) is 6.71. The maximum absolute atomic E-state index is 12.3. The molecule has 0 radical (unpaired) electrons. The van der Waals surface area contributed by atoms with Crippen LogP contribution >= 0.6 is 0 Å². The Morgan fingerprint density at radius 1 is 1.35 bits per heavy atom. The third-order valence-electron chi connectivity index (χ3n) is 4.51. The summed E-state index contributed by atoms with van der Waals surface area (Å²) in [5.41, 5.74) is 1.79. The molecule has 3 amide bonds. The summed E-state index contributed by atoms with van der Waals surface area (Å²) in [5, 5.41) is 7.49. The standard InChI is InChI=1S/C17H25N7O2/c1-13(23-8-5-18-12-23)16(25)19-10-14-9-15-11-22(17(26)21(2)3)6-4-7-24(15)20-14/h5,8-9,12-13H,4,6-7,10-11H2,1-3H3,(H,19,25)/t13-/m0/s1. The Balaban J connectivity index is 1.62. The van der Waals surface area contributed by atoms with Gasteiger partial charge < -0.3 is 19.7 Å². The van der Waals surface area contributed by atoms with Crippen LogP contribution in [0, 0.1) is 0 Å². The molecule has 1 aliphatic heterocycles. The number of rotatable bonds is 4. The second-order valence-electron chi connectivity index (χ2n) is 6.71. The van der Waals surface area contributed by atoms with Gasteiger partial charge in [-0.25, -0.2) is 9.78 Å². The van der Waals surface area contributed by atoms with Crippen molar-refractivity contribution in [3.8, 4) is 0 Å². The van der Waals surface area contributed by atoms with Gasteiger partial charge in [0.15, 0.2) is 0 Å². The summed E-state index contributed by atoms with van der Waals surface area (Å²) >= 11 is 0. The molecule has 3 heterocycles. The van der Waals surface area contributed by atoms with E-state index in [9.17, 15) is 9.59 Å². The highest BCUT2D eigenvalue weighted by Crippen LogP contribution is 2.15. The van der Waals surface area contributed by atoms with Crippen LogP contribution in [-0.2, 0) is 24.4 Å². The van der Waals surface area contributed by atoms with Crippen molar-refractivity contribution in [3.05, 3.63) is 36.2 Å². The smallest absolute Gasteiger partial charge is 0.319 e. The molecule has 140 valence electrons. The molecule has 0 saturated carbocycles. The van der Waals surface area contributed by atoms with Gasteiger partial charge in [-0.3, -0.25) is 9.48 Å². The van der Waals surface area contributed by atoms with Crippen molar-refractivity contribution in [1.82, 2.24) is 34.4 Å². The van der Waals surface area contributed by atoms with Gasteiger partial charge in [-0.2, -0.15) is 5.10 Å². The minimum Gasteiger partial charge on any atom is -0.349 e. The lowest BCUT2D eigenvalue weighted by Gasteiger charge is -2.23. The predicted molar refractivity (Wildman–Crippen MR) is 95.1 cm³/mol. The van der Waals surface area contributed by atoms with Crippen LogP contribution in [0.4, 0.5) is 4.79 Å². The molecule has 0 aromatic carbocycles. The van der Waals surface area contributed by atoms with E-state index in [1.165, 1.54) is 0 Å². The van der Waals surface area contributed by atoms with Gasteiger partial charge in [-0.15, -0.1) is 0 Å². The monoisotopic (exact) mass is 359 g/mol. The first-order valence-corrected chi connectivity index (χ1v) is 8.72. The van der Waals surface area contributed by atoms with Gasteiger partial charge in [0, 0.05) is 39.6 Å². The first kappa shape index (κ1) is 18.0. The number of nitrogens with zero attached hydrogens (tertiary/aromatic N) is 6. The summed E-state index contributed by atoms with van der Waals surface area (Å²) in [6.45, 7) is 4.20. The molecule has 1 atom stereocenters. The van der Waals surface area contributed by atoms with Crippen molar-refractivity contribution >= 4 is 11.9 Å². The fourth-order valence-corrected chi connectivity index (χ4v) is 3.01. The highest BCUT2D eigenvalue weighted by Gasteiger charge is 2.22. The molecule has 2 aromatic heterocycles. The Bertz CT molecular complexity index is 766. The van der Waals surface area contributed by atoms with Crippen LogP contribution in [0.1, 0.15) is 30.8 Å². The molecule has 0 spiro atoms. The van der Waals surface area contributed by atoms with Crippen LogP contribution in [0.2, 0.25) is 0 Å². The summed E-state index contributed by atoms with van der Waals surface area (Å²) in [7, 11) is 3.51. The highest BCUT2D eigenvalue weighted by atomic mass is 16.2. The van der Waals surface area contributed by atoms with E-state index in [1.54, 1.807) is 42.3 Å². The first-order valence-electron chi connectivity index (χ1n) is 8.72. The molecule has 9 nitrogen and oxygen atoms in total. The first-order chi connectivity index (χ1) is 12.5. The predicted octanol–water partition coefficient (Wildman–Crippen LogP) is 0.844. The molecular formula is C17H25N7O2. The number of fused-ring (bicyclic) bond motifs is 1. The average molecular weight is 359 g/mol. The normalized spacial score (nSPS) is 15.1. The molecule has 2 aromatic rings. The fourth-order valence-electron chi connectivity index (χ4n) is 3.01. The number of amides is 3. The minimum absolute atomic E-state index is 0.00339. The van der Waals surface area contributed by atoms with Crippen LogP contribution < -0.4 is 5.32 Å². The molecule has 0 fully saturated rings. The number of carbonyl (C=O) groups is 2. The van der Waals surface area contributed by atoms with Crippen LogP contribution in [0.3, 0.4) is 0 Å². The summed E-state index contributed by atoms with van der Waals surface area (Å²) < 4.78 is 3.69. The number of aromatic nitrogens is 4. The zero-order valence-corrected chi connectivity index (χ0v) is 15.4. The van der Waals surface area contributed by atoms with Crippen molar-refractivity contribution in [2.24, 2.45) is 0 Å². The van der Waals surface area contributed by atoms with Gasteiger partial charge in [0.2, 0.25) is 5.91 Å². The number of hydrogen-bond donors (Lipinski definition) is 1. The van der Waals surface area contributed by atoms with Gasteiger partial charge in [-0.05, 0) is 19.4 Å². The SMILES string of the molecule is C[C@@H](C(=O)NCc1cc2n(n1)CCCN(C(=O)N(C)C)C2)n1ccnc1. The lowest BCUT2D eigenvalue weighted by molar-refractivity contribution is -0.124. The zero-order valence-electron chi connectivity index (χ0n) is 15.4. The Morgan fingerprint density at radius 3 is 2.85 bits per heavy atom. The van der Waals surface area contributed by atoms with Crippen molar-refractivity contribution in [2.75, 3.05) is 20.6 Å². The van der Waals surface area contributed by atoms with Crippen molar-refractivity contribution in [3.63, 3.8) is 0 Å². The quantitative estimate of drug-likeness (QED) is 0.876. The van der Waals surface area contributed by atoms with Crippen molar-refractivity contribution in [2.45, 2.75) is 39.0 Å². The van der Waals surface area contributed by atoms with Crippen LogP contribution in [-0.4, -0.2) is 61.7 Å². The van der Waals surface area contributed by atoms with E-state index in [-0.39, 0.29) is 18.0 Å². The zero-order chi connectivity index (χ0) is 18.7. The molecule has 0 bridgehead atoms. The van der Waals surface area contributed by atoms with E-state index in [0.717, 1.165) is 30.9 Å². The minimum atomic E-state index is -0.328. The Labute approximate surface area is 152 Å². The van der Waals surface area contributed by atoms with Crippen molar-refractivity contribution in [1.29, 1.82) is 0 Å². The number of nitrogens with one attached hydrogen (secondary N) is 1. The molecule has 0 saturated heterocycles.